The molecule has 2 rings (SSSR count). The highest BCUT2D eigenvalue weighted by Gasteiger charge is 2.08. The smallest absolute Gasteiger partial charge is 0.0483 e. The minimum atomic E-state index is 0.525. The van der Waals surface area contributed by atoms with E-state index >= 15 is 0 Å². The predicted octanol–water partition coefficient (Wildman–Crippen LogP) is 3.89. The van der Waals surface area contributed by atoms with Crippen LogP contribution in [0.25, 0.3) is 10.9 Å². The van der Waals surface area contributed by atoms with E-state index < -0.39 is 0 Å². The molecule has 0 aliphatic rings. The van der Waals surface area contributed by atoms with Crippen LogP contribution in [0, 0.1) is 0 Å². The molecular formula is C16H24N2S. The lowest BCUT2D eigenvalue weighted by atomic mass is 10.2. The summed E-state index contributed by atoms with van der Waals surface area (Å²) in [6, 6.07) is 11.5. The number of nitrogens with zero attached hydrogens (tertiary/aromatic N) is 1. The van der Waals surface area contributed by atoms with Crippen molar-refractivity contribution in [2.45, 2.75) is 39.9 Å². The van der Waals surface area contributed by atoms with Gasteiger partial charge in [-0.05, 0) is 23.3 Å². The van der Waals surface area contributed by atoms with Crippen molar-refractivity contribution in [2.75, 3.05) is 11.5 Å². The Balaban J connectivity index is 2.23. The molecule has 0 atom stereocenters. The number of rotatable bonds is 7. The van der Waals surface area contributed by atoms with E-state index in [1.54, 1.807) is 0 Å². The third-order valence-electron chi connectivity index (χ3n) is 3.25. The summed E-state index contributed by atoms with van der Waals surface area (Å²) in [6.07, 6.45) is 0. The molecule has 1 aromatic carbocycles. The van der Waals surface area contributed by atoms with E-state index in [2.05, 4.69) is 61.0 Å². The number of aryl methyl sites for hydroxylation is 1. The summed E-state index contributed by atoms with van der Waals surface area (Å²) in [5.74, 6) is 2.38. The molecule has 0 radical (unpaired) electrons. The van der Waals surface area contributed by atoms with Gasteiger partial charge in [-0.3, -0.25) is 0 Å². The van der Waals surface area contributed by atoms with Crippen molar-refractivity contribution in [1.29, 1.82) is 0 Å². The molecular weight excluding hydrogens is 252 g/mol. The molecule has 0 saturated carbocycles. The highest BCUT2D eigenvalue weighted by Crippen LogP contribution is 2.20. The molecule has 0 bridgehead atoms. The summed E-state index contributed by atoms with van der Waals surface area (Å²) in [5.41, 5.74) is 2.76. The van der Waals surface area contributed by atoms with Gasteiger partial charge in [0, 0.05) is 36.1 Å². The van der Waals surface area contributed by atoms with Crippen molar-refractivity contribution in [3.8, 4) is 0 Å². The number of fused-ring (bicyclic) bond motifs is 1. The van der Waals surface area contributed by atoms with E-state index in [1.165, 1.54) is 28.1 Å². The molecule has 1 N–H and O–H groups in total. The van der Waals surface area contributed by atoms with Gasteiger partial charge >= 0.3 is 0 Å². The number of nitrogens with one attached hydrogen (secondary N) is 1. The first-order valence-electron chi connectivity index (χ1n) is 7.10. The number of hydrogen-bond donors (Lipinski definition) is 1. The first-order valence-corrected chi connectivity index (χ1v) is 8.26. The third kappa shape index (κ3) is 3.77. The maximum absolute atomic E-state index is 3.53. The summed E-state index contributed by atoms with van der Waals surface area (Å²) in [4.78, 5) is 0. The van der Waals surface area contributed by atoms with E-state index in [0.717, 1.165) is 13.1 Å². The topological polar surface area (TPSA) is 17.0 Å². The second kappa shape index (κ2) is 7.01. The Morgan fingerprint density at radius 1 is 1.26 bits per heavy atom. The number of benzene rings is 1. The van der Waals surface area contributed by atoms with Crippen LogP contribution >= 0.6 is 11.8 Å². The monoisotopic (exact) mass is 276 g/mol. The van der Waals surface area contributed by atoms with E-state index in [1.807, 2.05) is 11.8 Å². The minimum absolute atomic E-state index is 0.525. The fourth-order valence-electron chi connectivity index (χ4n) is 2.29. The fourth-order valence-corrected chi connectivity index (χ4v) is 2.89. The number of hydrogen-bond acceptors (Lipinski definition) is 2. The summed E-state index contributed by atoms with van der Waals surface area (Å²) in [5, 5.41) is 4.88. The lowest BCUT2D eigenvalue weighted by molar-refractivity contribution is 0.565. The Labute approximate surface area is 120 Å². The number of para-hydroxylation sites is 1. The molecule has 0 aliphatic carbocycles. The molecule has 0 amide bonds. The Hall–Kier alpha value is -0.930. The second-order valence-electron chi connectivity index (χ2n) is 5.08. The number of aromatic nitrogens is 1. The molecule has 1 aromatic heterocycles. The Kier molecular flexibility index (Phi) is 5.34. The Morgan fingerprint density at radius 3 is 2.79 bits per heavy atom. The van der Waals surface area contributed by atoms with Gasteiger partial charge in [0.05, 0.1) is 0 Å². The largest absolute Gasteiger partial charge is 0.342 e. The van der Waals surface area contributed by atoms with Crippen molar-refractivity contribution >= 4 is 22.7 Å². The van der Waals surface area contributed by atoms with E-state index in [-0.39, 0.29) is 0 Å². The SMILES string of the molecule is CCSCCn1c(CNC(C)C)cc2ccccc21. The zero-order valence-corrected chi connectivity index (χ0v) is 13.0. The maximum Gasteiger partial charge on any atom is 0.0483 e. The summed E-state index contributed by atoms with van der Waals surface area (Å²) in [7, 11) is 0. The van der Waals surface area contributed by atoms with E-state index in [0.29, 0.717) is 6.04 Å². The molecule has 2 aromatic rings. The lowest BCUT2D eigenvalue weighted by Gasteiger charge is -2.13. The zero-order chi connectivity index (χ0) is 13.7. The van der Waals surface area contributed by atoms with Crippen molar-refractivity contribution in [3.63, 3.8) is 0 Å². The van der Waals surface area contributed by atoms with Crippen LogP contribution in [-0.4, -0.2) is 22.1 Å². The molecule has 0 unspecified atom stereocenters. The third-order valence-corrected chi connectivity index (χ3v) is 4.13. The van der Waals surface area contributed by atoms with Crippen molar-refractivity contribution < 1.29 is 0 Å². The first-order chi connectivity index (χ1) is 9.22. The van der Waals surface area contributed by atoms with Gasteiger partial charge in [0.25, 0.3) is 0 Å². The van der Waals surface area contributed by atoms with Gasteiger partial charge in [-0.2, -0.15) is 11.8 Å². The van der Waals surface area contributed by atoms with Gasteiger partial charge in [0.1, 0.15) is 0 Å². The van der Waals surface area contributed by atoms with Crippen LogP contribution in [0.3, 0.4) is 0 Å². The molecule has 0 spiro atoms. The second-order valence-corrected chi connectivity index (χ2v) is 6.47. The van der Waals surface area contributed by atoms with Crippen LogP contribution in [0.1, 0.15) is 26.5 Å². The van der Waals surface area contributed by atoms with Gasteiger partial charge in [-0.15, -0.1) is 0 Å². The van der Waals surface area contributed by atoms with Gasteiger partial charge in [-0.25, -0.2) is 0 Å². The standard InChI is InChI=1S/C16H24N2S/c1-4-19-10-9-18-15(12-17-13(2)3)11-14-7-5-6-8-16(14)18/h5-8,11,13,17H,4,9-10,12H2,1-3H3. The molecule has 2 nitrogen and oxygen atoms in total. The van der Waals surface area contributed by atoms with Gasteiger partial charge in [0.2, 0.25) is 0 Å². The number of thioether (sulfide) groups is 1. The zero-order valence-electron chi connectivity index (χ0n) is 12.1. The van der Waals surface area contributed by atoms with E-state index in [4.69, 9.17) is 0 Å². The van der Waals surface area contributed by atoms with E-state index in [9.17, 15) is 0 Å². The van der Waals surface area contributed by atoms with Gasteiger partial charge in [0.15, 0.2) is 0 Å². The molecule has 3 heteroatoms. The first kappa shape index (κ1) is 14.5. The lowest BCUT2D eigenvalue weighted by Crippen LogP contribution is -2.23. The molecule has 104 valence electrons. The quantitative estimate of drug-likeness (QED) is 0.773. The molecule has 1 heterocycles. The molecule has 0 aliphatic heterocycles. The van der Waals surface area contributed by atoms with Gasteiger partial charge < -0.3 is 9.88 Å². The van der Waals surface area contributed by atoms with Crippen LogP contribution in [0.5, 0.6) is 0 Å². The van der Waals surface area contributed by atoms with Crippen LogP contribution in [-0.2, 0) is 13.1 Å². The summed E-state index contributed by atoms with van der Waals surface area (Å²) >= 11 is 2.01. The normalized spacial score (nSPS) is 11.6. The van der Waals surface area contributed by atoms with Gasteiger partial charge in [-0.1, -0.05) is 39.0 Å². The highest BCUT2D eigenvalue weighted by atomic mass is 32.2. The van der Waals surface area contributed by atoms with Crippen molar-refractivity contribution in [3.05, 3.63) is 36.0 Å². The Bertz CT molecular complexity index is 516. The van der Waals surface area contributed by atoms with Crippen molar-refractivity contribution in [1.82, 2.24) is 9.88 Å². The molecule has 19 heavy (non-hydrogen) atoms. The van der Waals surface area contributed by atoms with Crippen molar-refractivity contribution in [2.24, 2.45) is 0 Å². The van der Waals surface area contributed by atoms with Crippen LogP contribution in [0.15, 0.2) is 30.3 Å². The summed E-state index contributed by atoms with van der Waals surface area (Å²) < 4.78 is 2.47. The summed E-state index contributed by atoms with van der Waals surface area (Å²) in [6.45, 7) is 8.66. The van der Waals surface area contributed by atoms with Crippen LogP contribution < -0.4 is 5.32 Å². The predicted molar refractivity (Wildman–Crippen MR) is 86.9 cm³/mol. The maximum atomic E-state index is 3.53. The van der Waals surface area contributed by atoms with Crippen LogP contribution in [0.4, 0.5) is 0 Å². The highest BCUT2D eigenvalue weighted by molar-refractivity contribution is 7.99. The Morgan fingerprint density at radius 2 is 2.05 bits per heavy atom. The van der Waals surface area contributed by atoms with Crippen LogP contribution in [0.2, 0.25) is 0 Å². The average molecular weight is 276 g/mol. The fraction of sp³-hybridized carbons (Fsp3) is 0.500. The average Bonchev–Trinajstić information content (AvgIpc) is 2.75. The minimum Gasteiger partial charge on any atom is -0.342 e. The molecule has 0 saturated heterocycles. The molecule has 0 fully saturated rings.